The van der Waals surface area contributed by atoms with Crippen LogP contribution < -0.4 is 0 Å². The second kappa shape index (κ2) is 12.0. The third kappa shape index (κ3) is 7.19. The summed E-state index contributed by atoms with van der Waals surface area (Å²) in [5, 5.41) is 0. The smallest absolute Gasteiger partial charge is 0.255 e. The van der Waals surface area contributed by atoms with Crippen LogP contribution in [0.1, 0.15) is 5.56 Å². The minimum absolute atomic E-state index is 0. The zero-order chi connectivity index (χ0) is 16.2. The van der Waals surface area contributed by atoms with Crippen molar-refractivity contribution in [3.63, 3.8) is 0 Å². The SMILES string of the molecule is Cc1cccnc1-c1ccccn1.[Fe+2].c1cc[cH-]c1.c1cc[cH-]c1. The molecule has 0 saturated carbocycles. The second-order valence-corrected chi connectivity index (χ2v) is 4.81. The van der Waals surface area contributed by atoms with Gasteiger partial charge in [-0.15, -0.1) is 0 Å². The maximum absolute atomic E-state index is 4.29. The summed E-state index contributed by atoms with van der Waals surface area (Å²) in [5.41, 5.74) is 3.05. The van der Waals surface area contributed by atoms with Crippen LogP contribution in [-0.2, 0) is 17.1 Å². The fraction of sp³-hybridized carbons (Fsp3) is 0.0476. The molecule has 4 aromatic rings. The zero-order valence-corrected chi connectivity index (χ0v) is 14.7. The number of aryl methyl sites for hydroxylation is 1. The minimum Gasteiger partial charge on any atom is -0.255 e. The summed E-state index contributed by atoms with van der Waals surface area (Å²) in [7, 11) is 0. The number of nitrogens with zero attached hydrogens (tertiary/aromatic N) is 2. The molecular formula is C21H20FeN2. The van der Waals surface area contributed by atoms with Crippen LogP contribution in [0.4, 0.5) is 0 Å². The van der Waals surface area contributed by atoms with E-state index in [2.05, 4.69) is 9.97 Å². The van der Waals surface area contributed by atoms with Gasteiger partial charge in [0.2, 0.25) is 0 Å². The molecule has 0 saturated heterocycles. The molecular weight excluding hydrogens is 336 g/mol. The average Bonchev–Trinajstić information content (AvgIpc) is 3.34. The number of pyridine rings is 2. The summed E-state index contributed by atoms with van der Waals surface area (Å²) >= 11 is 0. The molecule has 0 N–H and O–H groups in total. The van der Waals surface area contributed by atoms with Gasteiger partial charge in [0.1, 0.15) is 0 Å². The molecule has 2 nitrogen and oxygen atoms in total. The van der Waals surface area contributed by atoms with E-state index in [9.17, 15) is 0 Å². The van der Waals surface area contributed by atoms with Crippen molar-refractivity contribution in [2.75, 3.05) is 0 Å². The number of hydrogen-bond acceptors (Lipinski definition) is 2. The maximum Gasteiger partial charge on any atom is 2.00 e. The largest absolute Gasteiger partial charge is 2.00 e. The molecule has 0 aliphatic heterocycles. The van der Waals surface area contributed by atoms with Gasteiger partial charge in [0.15, 0.2) is 0 Å². The third-order valence-corrected chi connectivity index (χ3v) is 3.03. The molecule has 0 fully saturated rings. The Morgan fingerprint density at radius 1 is 0.667 bits per heavy atom. The van der Waals surface area contributed by atoms with Crippen LogP contribution in [0.2, 0.25) is 0 Å². The van der Waals surface area contributed by atoms with Crippen LogP contribution in [0.3, 0.4) is 0 Å². The van der Waals surface area contributed by atoms with Crippen LogP contribution in [-0.4, -0.2) is 9.97 Å². The first kappa shape index (κ1) is 19.6. The van der Waals surface area contributed by atoms with Crippen LogP contribution in [0, 0.1) is 6.92 Å². The first-order valence-electron chi connectivity index (χ1n) is 7.54. The van der Waals surface area contributed by atoms with Crippen LogP contribution in [0.5, 0.6) is 0 Å². The molecule has 2 aromatic heterocycles. The van der Waals surface area contributed by atoms with Crippen molar-refractivity contribution in [1.82, 2.24) is 9.97 Å². The summed E-state index contributed by atoms with van der Waals surface area (Å²) in [6.45, 7) is 2.04. The van der Waals surface area contributed by atoms with Gasteiger partial charge in [-0.25, -0.2) is 24.3 Å². The molecule has 0 spiro atoms. The molecule has 2 heterocycles. The number of aromatic nitrogens is 2. The molecule has 0 aliphatic carbocycles. The molecule has 3 heteroatoms. The van der Waals surface area contributed by atoms with E-state index in [4.69, 9.17) is 0 Å². The van der Waals surface area contributed by atoms with Gasteiger partial charge in [0, 0.05) is 12.4 Å². The van der Waals surface area contributed by atoms with Gasteiger partial charge in [0.25, 0.3) is 0 Å². The van der Waals surface area contributed by atoms with E-state index in [-0.39, 0.29) is 17.1 Å². The first-order valence-corrected chi connectivity index (χ1v) is 7.54. The molecule has 0 bridgehead atoms. The van der Waals surface area contributed by atoms with Crippen LogP contribution in [0.25, 0.3) is 11.4 Å². The van der Waals surface area contributed by atoms with Crippen molar-refractivity contribution >= 4 is 0 Å². The van der Waals surface area contributed by atoms with Gasteiger partial charge in [-0.2, -0.15) is 36.4 Å². The molecule has 0 aliphatic rings. The van der Waals surface area contributed by atoms with E-state index < -0.39 is 0 Å². The molecule has 122 valence electrons. The Labute approximate surface area is 154 Å². The average molecular weight is 356 g/mol. The summed E-state index contributed by atoms with van der Waals surface area (Å²) in [4.78, 5) is 8.53. The second-order valence-electron chi connectivity index (χ2n) is 4.81. The molecule has 4 rings (SSSR count). The van der Waals surface area contributed by atoms with E-state index in [0.717, 1.165) is 17.0 Å². The quantitative estimate of drug-likeness (QED) is 0.343. The summed E-state index contributed by atoms with van der Waals surface area (Å²) in [6.07, 6.45) is 3.57. The monoisotopic (exact) mass is 356 g/mol. The van der Waals surface area contributed by atoms with Crippen molar-refractivity contribution in [3.8, 4) is 11.4 Å². The Morgan fingerprint density at radius 2 is 1.25 bits per heavy atom. The predicted molar refractivity (Wildman–Crippen MR) is 96.3 cm³/mol. The first-order chi connectivity index (χ1) is 11.4. The molecule has 0 atom stereocenters. The van der Waals surface area contributed by atoms with Gasteiger partial charge < -0.3 is 0 Å². The van der Waals surface area contributed by atoms with Gasteiger partial charge in [-0.1, -0.05) is 12.1 Å². The molecule has 0 radical (unpaired) electrons. The van der Waals surface area contributed by atoms with Crippen molar-refractivity contribution in [3.05, 3.63) is 109 Å². The van der Waals surface area contributed by atoms with Gasteiger partial charge in [-0.3, -0.25) is 9.97 Å². The van der Waals surface area contributed by atoms with Crippen molar-refractivity contribution in [1.29, 1.82) is 0 Å². The fourth-order valence-electron chi connectivity index (χ4n) is 1.90. The summed E-state index contributed by atoms with van der Waals surface area (Å²) < 4.78 is 0. The third-order valence-electron chi connectivity index (χ3n) is 3.03. The molecule has 0 amide bonds. The van der Waals surface area contributed by atoms with Gasteiger partial charge in [0.05, 0.1) is 11.4 Å². The topological polar surface area (TPSA) is 25.8 Å². The molecule has 0 unspecified atom stereocenters. The standard InChI is InChI=1S/C11H10N2.2C5H5.Fe/c1-9-5-4-8-13-11(9)10-6-2-3-7-12-10;2*1-2-4-5-3-1;/h2-8H,1H3;2*1-5H;/q;2*-1;+2. The Hall–Kier alpha value is -2.48. The number of hydrogen-bond donors (Lipinski definition) is 0. The van der Waals surface area contributed by atoms with Crippen molar-refractivity contribution < 1.29 is 17.1 Å². The Kier molecular flexibility index (Phi) is 9.79. The van der Waals surface area contributed by atoms with Gasteiger partial charge in [-0.05, 0) is 30.7 Å². The van der Waals surface area contributed by atoms with E-state index in [1.54, 1.807) is 12.4 Å². The van der Waals surface area contributed by atoms with E-state index >= 15 is 0 Å². The summed E-state index contributed by atoms with van der Waals surface area (Å²) in [5.74, 6) is 0. The Bertz CT molecular complexity index is 672. The van der Waals surface area contributed by atoms with Crippen molar-refractivity contribution in [2.24, 2.45) is 0 Å². The van der Waals surface area contributed by atoms with E-state index in [0.29, 0.717) is 0 Å². The summed E-state index contributed by atoms with van der Waals surface area (Å²) in [6, 6.07) is 29.8. The van der Waals surface area contributed by atoms with Crippen LogP contribution in [0.15, 0.2) is 103 Å². The van der Waals surface area contributed by atoms with E-state index in [1.165, 1.54) is 0 Å². The molecule has 2 aromatic carbocycles. The zero-order valence-electron chi connectivity index (χ0n) is 13.6. The predicted octanol–water partition coefficient (Wildman–Crippen LogP) is 5.26. The Morgan fingerprint density at radius 3 is 1.67 bits per heavy atom. The van der Waals surface area contributed by atoms with Crippen LogP contribution >= 0.6 is 0 Å². The van der Waals surface area contributed by atoms with Crippen molar-refractivity contribution in [2.45, 2.75) is 6.92 Å². The Balaban J connectivity index is 0.000000216. The molecule has 24 heavy (non-hydrogen) atoms. The van der Waals surface area contributed by atoms with E-state index in [1.807, 2.05) is 97.9 Å². The van der Waals surface area contributed by atoms with Gasteiger partial charge >= 0.3 is 17.1 Å². The fourth-order valence-corrected chi connectivity index (χ4v) is 1.90. The minimum atomic E-state index is 0. The number of rotatable bonds is 1. The maximum atomic E-state index is 4.29. The normalized spacial score (nSPS) is 8.71.